The van der Waals surface area contributed by atoms with Gasteiger partial charge in [0.1, 0.15) is 29.6 Å². The first-order valence-corrected chi connectivity index (χ1v) is 15.7. The number of fused-ring (bicyclic) bond motifs is 3. The van der Waals surface area contributed by atoms with E-state index in [1.165, 1.54) is 24.7 Å². The van der Waals surface area contributed by atoms with E-state index in [-0.39, 0.29) is 29.8 Å². The summed E-state index contributed by atoms with van der Waals surface area (Å²) < 4.78 is 44.0. The highest BCUT2D eigenvalue weighted by atomic mass is 31.2. The van der Waals surface area contributed by atoms with E-state index in [4.69, 9.17) is 29.0 Å². The lowest BCUT2D eigenvalue weighted by atomic mass is 9.96. The summed E-state index contributed by atoms with van der Waals surface area (Å²) in [6, 6.07) is 7.23. The van der Waals surface area contributed by atoms with Crippen molar-refractivity contribution in [2.75, 3.05) is 25.6 Å². The zero-order chi connectivity index (χ0) is 30.6. The average Bonchev–Trinajstić information content (AvgIpc) is 3.48. The summed E-state index contributed by atoms with van der Waals surface area (Å²) in [5.74, 6) is -0.280. The van der Waals surface area contributed by atoms with Crippen LogP contribution in [0.5, 0.6) is 11.6 Å². The summed E-state index contributed by atoms with van der Waals surface area (Å²) in [7, 11) is -4.25. The van der Waals surface area contributed by atoms with Crippen LogP contribution in [0.3, 0.4) is 0 Å². The molecule has 0 aliphatic carbocycles. The fourth-order valence-electron chi connectivity index (χ4n) is 4.93. The molecule has 0 amide bonds. The monoisotopic (exact) mass is 620 g/mol. The minimum Gasteiger partial charge on any atom is -0.476 e. The van der Waals surface area contributed by atoms with Gasteiger partial charge in [0.25, 0.3) is 0 Å². The van der Waals surface area contributed by atoms with Crippen molar-refractivity contribution >= 4 is 30.8 Å². The van der Waals surface area contributed by atoms with Gasteiger partial charge in [-0.1, -0.05) is 37.5 Å². The average molecular weight is 621 g/mol. The summed E-state index contributed by atoms with van der Waals surface area (Å²) in [5.41, 5.74) is 4.64. The maximum absolute atomic E-state index is 13.9. The molecule has 2 aliphatic rings. The van der Waals surface area contributed by atoms with E-state index < -0.39 is 50.4 Å². The molecule has 16 heteroatoms. The molecule has 5 rings (SSSR count). The number of aliphatic hydroxyl groups is 2. The zero-order valence-corrected chi connectivity index (χ0v) is 24.9. The number of cyclic esters (lactones) is 1. The molecule has 234 valence electrons. The molecule has 0 radical (unpaired) electrons. The van der Waals surface area contributed by atoms with Gasteiger partial charge < -0.3 is 34.7 Å². The molecule has 1 fully saturated rings. The highest BCUT2D eigenvalue weighted by Crippen LogP contribution is 2.47. The second-order valence-electron chi connectivity index (χ2n) is 10.7. The number of hydrogen-bond donors (Lipinski definition) is 4. The van der Waals surface area contributed by atoms with Crippen LogP contribution in [-0.4, -0.2) is 79.4 Å². The number of esters is 1. The second-order valence-corrected chi connectivity index (χ2v) is 12.4. The molecule has 6 atom stereocenters. The number of aliphatic hydroxyl groups excluding tert-OH is 1. The van der Waals surface area contributed by atoms with E-state index in [9.17, 15) is 19.6 Å². The second kappa shape index (κ2) is 13.1. The molecule has 6 bridgehead atoms. The Kier molecular flexibility index (Phi) is 9.49. The van der Waals surface area contributed by atoms with Gasteiger partial charge in [0.15, 0.2) is 17.4 Å². The fraction of sp³-hybridized carbons (Fsp3) is 0.556. The van der Waals surface area contributed by atoms with Gasteiger partial charge in [-0.05, 0) is 38.8 Å². The number of aromatic nitrogens is 4. The number of anilines is 1. The van der Waals surface area contributed by atoms with E-state index >= 15 is 0 Å². The van der Waals surface area contributed by atoms with Gasteiger partial charge >= 0.3 is 13.7 Å². The van der Waals surface area contributed by atoms with Crippen LogP contribution >= 0.6 is 7.75 Å². The lowest BCUT2D eigenvalue weighted by Gasteiger charge is -2.27. The Labute approximate surface area is 248 Å². The fourth-order valence-corrected chi connectivity index (χ4v) is 6.43. The van der Waals surface area contributed by atoms with Crippen LogP contribution in [0, 0.1) is 0 Å². The molecular weight excluding hydrogens is 583 g/mol. The summed E-state index contributed by atoms with van der Waals surface area (Å²) in [4.78, 5) is 25.5. The normalized spacial score (nSPS) is 31.5. The minimum absolute atomic E-state index is 0.0643. The van der Waals surface area contributed by atoms with Gasteiger partial charge in [-0.15, -0.1) is 0 Å². The predicted molar refractivity (Wildman–Crippen MR) is 153 cm³/mol. The molecule has 0 spiro atoms. The number of nitrogens with zero attached hydrogens (tertiary/aromatic N) is 4. The van der Waals surface area contributed by atoms with Crippen LogP contribution in [-0.2, 0) is 23.4 Å². The lowest BCUT2D eigenvalue weighted by molar-refractivity contribution is -0.145. The molecule has 5 N–H and O–H groups in total. The van der Waals surface area contributed by atoms with Gasteiger partial charge in [-0.25, -0.2) is 9.55 Å². The Morgan fingerprint density at radius 2 is 1.81 bits per heavy atom. The minimum atomic E-state index is -4.25. The number of para-hydroxylation sites is 1. The molecule has 3 aromatic rings. The summed E-state index contributed by atoms with van der Waals surface area (Å²) in [6.45, 7) is 2.96. The van der Waals surface area contributed by atoms with E-state index in [2.05, 4.69) is 20.0 Å². The molecule has 2 aliphatic heterocycles. The number of benzene rings is 1. The number of nitrogen functional groups attached to an aromatic ring is 1. The van der Waals surface area contributed by atoms with Crippen LogP contribution in [0.25, 0.3) is 11.2 Å². The molecule has 4 heterocycles. The van der Waals surface area contributed by atoms with E-state index in [0.717, 1.165) is 25.7 Å². The number of nitrogens with two attached hydrogens (primary N) is 1. The van der Waals surface area contributed by atoms with Crippen molar-refractivity contribution in [3.63, 3.8) is 0 Å². The molecule has 1 aromatic carbocycles. The summed E-state index contributed by atoms with van der Waals surface area (Å²) in [5, 5.41) is 25.0. The number of carbonyl (C=O) groups is 1. The SMILES string of the molecule is CC1NP(=O)(Oc2ccccc2)OCC2OC(n3cnc4c(nc(N)nc43)OCCCCCCCOC1=O)C(C)(O)C2O. The van der Waals surface area contributed by atoms with Crippen molar-refractivity contribution < 1.29 is 42.8 Å². The zero-order valence-electron chi connectivity index (χ0n) is 24.0. The molecule has 43 heavy (non-hydrogen) atoms. The standard InChI is InChI=1S/C27H37N6O9P/c1-17-24(35)39-14-10-5-3-4-9-13-38-23-20-22(30-26(28)31-23)33(16-29-20)25-27(2,36)21(34)19(41-25)15-40-43(37,32-17)42-18-11-7-6-8-12-18/h6-8,11-12,16-17,19,21,25,34,36H,3-5,9-10,13-15H2,1-2H3,(H,32,37)(H2,28,30,31). The van der Waals surface area contributed by atoms with E-state index in [1.807, 2.05) is 0 Å². The maximum atomic E-state index is 13.9. The van der Waals surface area contributed by atoms with Crippen molar-refractivity contribution in [1.82, 2.24) is 24.6 Å². The Balaban J connectivity index is 1.44. The molecule has 6 unspecified atom stereocenters. The predicted octanol–water partition coefficient (Wildman–Crippen LogP) is 2.49. The Morgan fingerprint density at radius 1 is 1.12 bits per heavy atom. The van der Waals surface area contributed by atoms with Crippen molar-refractivity contribution in [3.8, 4) is 11.6 Å². The molecule has 0 saturated carbocycles. The largest absolute Gasteiger partial charge is 0.476 e. The Bertz CT molecular complexity index is 1460. The van der Waals surface area contributed by atoms with Crippen molar-refractivity contribution in [2.24, 2.45) is 0 Å². The Hall–Kier alpha value is -3.33. The topological polar surface area (TPSA) is 202 Å². The van der Waals surface area contributed by atoms with E-state index in [0.29, 0.717) is 18.5 Å². The number of carbonyl (C=O) groups excluding carboxylic acids is 1. The van der Waals surface area contributed by atoms with Crippen LogP contribution in [0.1, 0.15) is 52.2 Å². The van der Waals surface area contributed by atoms with Crippen molar-refractivity contribution in [3.05, 3.63) is 36.7 Å². The molecule has 15 nitrogen and oxygen atoms in total. The first-order chi connectivity index (χ1) is 20.6. The highest BCUT2D eigenvalue weighted by Gasteiger charge is 2.54. The molecular formula is C27H37N6O9P. The first-order valence-electron chi connectivity index (χ1n) is 14.2. The number of ether oxygens (including phenoxy) is 3. The van der Waals surface area contributed by atoms with Gasteiger partial charge in [0.2, 0.25) is 11.8 Å². The molecule has 2 aromatic heterocycles. The first kappa shape index (κ1) is 31.1. The third kappa shape index (κ3) is 7.08. The van der Waals surface area contributed by atoms with Crippen molar-refractivity contribution in [2.45, 2.75) is 76.0 Å². The quantitative estimate of drug-likeness (QED) is 0.240. The van der Waals surface area contributed by atoms with Crippen molar-refractivity contribution in [1.29, 1.82) is 0 Å². The number of rotatable bonds is 2. The lowest BCUT2D eigenvalue weighted by Crippen LogP contribution is -2.44. The highest BCUT2D eigenvalue weighted by molar-refractivity contribution is 7.52. The number of hydrogen-bond acceptors (Lipinski definition) is 13. The van der Waals surface area contributed by atoms with Crippen LogP contribution in [0.2, 0.25) is 0 Å². The van der Waals surface area contributed by atoms with Crippen LogP contribution in [0.4, 0.5) is 5.95 Å². The summed E-state index contributed by atoms with van der Waals surface area (Å²) >= 11 is 0. The summed E-state index contributed by atoms with van der Waals surface area (Å²) in [6.07, 6.45) is 1.53. The molecule has 1 saturated heterocycles. The van der Waals surface area contributed by atoms with Gasteiger partial charge in [0.05, 0.1) is 26.1 Å². The van der Waals surface area contributed by atoms with Gasteiger partial charge in [-0.3, -0.25) is 13.9 Å². The maximum Gasteiger partial charge on any atom is 0.459 e. The van der Waals surface area contributed by atoms with Crippen LogP contribution < -0.4 is 20.1 Å². The third-order valence-electron chi connectivity index (χ3n) is 7.27. The van der Waals surface area contributed by atoms with Crippen LogP contribution in [0.15, 0.2) is 36.7 Å². The number of nitrogens with one attached hydrogen (secondary N) is 1. The third-order valence-corrected chi connectivity index (χ3v) is 8.91. The Morgan fingerprint density at radius 3 is 2.56 bits per heavy atom. The smallest absolute Gasteiger partial charge is 0.459 e. The van der Waals surface area contributed by atoms with Gasteiger partial charge in [-0.2, -0.15) is 15.1 Å². The van der Waals surface area contributed by atoms with E-state index in [1.54, 1.807) is 30.3 Å². The van der Waals surface area contributed by atoms with Gasteiger partial charge in [0, 0.05) is 0 Å². The number of imidazole rings is 1.